The van der Waals surface area contributed by atoms with Gasteiger partial charge in [0.1, 0.15) is 0 Å². The quantitative estimate of drug-likeness (QED) is 0.709. The van der Waals surface area contributed by atoms with E-state index in [1.165, 1.54) is 0 Å². The minimum absolute atomic E-state index is 0.104. The molecule has 2 heterocycles. The van der Waals surface area contributed by atoms with Crippen LogP contribution in [0.3, 0.4) is 0 Å². The first-order valence-electron chi connectivity index (χ1n) is 6.36. The number of amides is 1. The zero-order valence-electron chi connectivity index (χ0n) is 10.5. The largest absolute Gasteiger partial charge is 0.391 e. The molecule has 2 fully saturated rings. The molecule has 1 N–H and O–H groups in total. The van der Waals surface area contributed by atoms with Crippen molar-refractivity contribution >= 4 is 5.91 Å². The summed E-state index contributed by atoms with van der Waals surface area (Å²) in [5.74, 6) is 0.661. The van der Waals surface area contributed by atoms with Crippen LogP contribution in [0.15, 0.2) is 0 Å². The fourth-order valence-corrected chi connectivity index (χ4v) is 2.72. The van der Waals surface area contributed by atoms with E-state index in [0.717, 1.165) is 39.2 Å². The van der Waals surface area contributed by atoms with Crippen molar-refractivity contribution in [1.82, 2.24) is 9.80 Å². The highest BCUT2D eigenvalue weighted by molar-refractivity contribution is 5.79. The van der Waals surface area contributed by atoms with E-state index in [1.54, 1.807) is 7.11 Å². The Kier molecular flexibility index (Phi) is 4.36. The number of carbonyl (C=O) groups excluding carboxylic acids is 1. The van der Waals surface area contributed by atoms with Gasteiger partial charge in [-0.15, -0.1) is 0 Å². The number of β-amino-alcohol motifs (C(OH)–C–C–N with tert-alkyl or cyclic N) is 1. The topological polar surface area (TPSA) is 53.0 Å². The van der Waals surface area contributed by atoms with E-state index in [2.05, 4.69) is 4.90 Å². The zero-order chi connectivity index (χ0) is 12.3. The summed E-state index contributed by atoms with van der Waals surface area (Å²) in [5.41, 5.74) is 0. The number of aliphatic hydroxyl groups is 1. The molecule has 2 aliphatic rings. The summed E-state index contributed by atoms with van der Waals surface area (Å²) in [4.78, 5) is 15.8. The van der Waals surface area contributed by atoms with E-state index in [-0.39, 0.29) is 5.91 Å². The van der Waals surface area contributed by atoms with Crippen molar-refractivity contribution in [3.63, 3.8) is 0 Å². The van der Waals surface area contributed by atoms with E-state index in [9.17, 15) is 9.90 Å². The fraction of sp³-hybridized carbons (Fsp3) is 0.917. The Labute approximate surface area is 102 Å². The third-order valence-corrected chi connectivity index (χ3v) is 3.65. The number of aliphatic hydroxyl groups excluding tert-OH is 1. The van der Waals surface area contributed by atoms with Crippen LogP contribution < -0.4 is 0 Å². The molecule has 2 saturated heterocycles. The molecule has 0 aromatic heterocycles. The number of carbonyl (C=O) groups is 1. The highest BCUT2D eigenvalue weighted by Gasteiger charge is 2.31. The van der Waals surface area contributed by atoms with Crippen molar-refractivity contribution in [2.75, 3.05) is 46.4 Å². The molecular weight excluding hydrogens is 220 g/mol. The second-order valence-corrected chi connectivity index (χ2v) is 5.10. The normalized spacial score (nSPS) is 30.5. The van der Waals surface area contributed by atoms with Crippen LogP contribution in [0.1, 0.15) is 12.8 Å². The van der Waals surface area contributed by atoms with Crippen molar-refractivity contribution in [3.05, 3.63) is 0 Å². The second kappa shape index (κ2) is 5.80. The lowest BCUT2D eigenvalue weighted by Gasteiger charge is -2.21. The van der Waals surface area contributed by atoms with Crippen LogP contribution in [-0.4, -0.2) is 73.4 Å². The van der Waals surface area contributed by atoms with E-state index >= 15 is 0 Å². The fourth-order valence-electron chi connectivity index (χ4n) is 2.72. The SMILES string of the molecule is COCCN1CCC(CN2CC(O)CC2=O)C1. The summed E-state index contributed by atoms with van der Waals surface area (Å²) in [5, 5.41) is 9.42. The van der Waals surface area contributed by atoms with Crippen LogP contribution in [0.25, 0.3) is 0 Å². The average Bonchev–Trinajstić information content (AvgIpc) is 2.84. The number of rotatable bonds is 5. The third-order valence-electron chi connectivity index (χ3n) is 3.65. The molecule has 2 rings (SSSR count). The lowest BCUT2D eigenvalue weighted by atomic mass is 10.1. The Hall–Kier alpha value is -0.650. The molecule has 0 saturated carbocycles. The van der Waals surface area contributed by atoms with Crippen LogP contribution in [0.2, 0.25) is 0 Å². The number of hydrogen-bond donors (Lipinski definition) is 1. The Bertz CT molecular complexity index is 272. The maximum atomic E-state index is 11.6. The number of likely N-dealkylation sites (tertiary alicyclic amines) is 2. The Morgan fingerprint density at radius 1 is 1.47 bits per heavy atom. The molecule has 5 nitrogen and oxygen atoms in total. The standard InChI is InChI=1S/C12H22N2O3/c1-17-5-4-13-3-2-10(7-13)8-14-9-11(15)6-12(14)16/h10-11,15H,2-9H2,1H3. The van der Waals surface area contributed by atoms with E-state index in [4.69, 9.17) is 4.74 Å². The molecule has 17 heavy (non-hydrogen) atoms. The van der Waals surface area contributed by atoms with Gasteiger partial charge in [0.25, 0.3) is 0 Å². The van der Waals surface area contributed by atoms with E-state index < -0.39 is 6.10 Å². The van der Waals surface area contributed by atoms with Gasteiger partial charge in [0.15, 0.2) is 0 Å². The molecule has 0 radical (unpaired) electrons. The van der Waals surface area contributed by atoms with Gasteiger partial charge in [-0.3, -0.25) is 4.79 Å². The van der Waals surface area contributed by atoms with E-state index in [0.29, 0.717) is 18.9 Å². The number of hydrogen-bond acceptors (Lipinski definition) is 4. The summed E-state index contributed by atoms with van der Waals surface area (Å²) < 4.78 is 5.06. The molecule has 0 bridgehead atoms. The van der Waals surface area contributed by atoms with Gasteiger partial charge in [-0.1, -0.05) is 0 Å². The molecule has 0 aliphatic carbocycles. The number of methoxy groups -OCH3 is 1. The first-order valence-corrected chi connectivity index (χ1v) is 6.36. The van der Waals surface area contributed by atoms with Crippen molar-refractivity contribution in [1.29, 1.82) is 0 Å². The molecule has 0 aromatic rings. The smallest absolute Gasteiger partial charge is 0.225 e. The minimum atomic E-state index is -0.450. The third kappa shape index (κ3) is 3.40. The first kappa shape index (κ1) is 12.8. The lowest BCUT2D eigenvalue weighted by Crippen LogP contribution is -2.33. The summed E-state index contributed by atoms with van der Waals surface area (Å²) in [7, 11) is 1.72. The van der Waals surface area contributed by atoms with Crippen molar-refractivity contribution < 1.29 is 14.6 Å². The molecule has 0 spiro atoms. The van der Waals surface area contributed by atoms with Gasteiger partial charge in [-0.2, -0.15) is 0 Å². The van der Waals surface area contributed by atoms with Gasteiger partial charge in [-0.05, 0) is 18.9 Å². The zero-order valence-corrected chi connectivity index (χ0v) is 10.5. The molecule has 2 atom stereocenters. The number of ether oxygens (including phenoxy) is 1. The molecule has 2 unspecified atom stereocenters. The maximum absolute atomic E-state index is 11.6. The summed E-state index contributed by atoms with van der Waals surface area (Å²) >= 11 is 0. The molecular formula is C12H22N2O3. The van der Waals surface area contributed by atoms with Crippen molar-refractivity contribution in [2.45, 2.75) is 18.9 Å². The number of nitrogens with zero attached hydrogens (tertiary/aromatic N) is 2. The highest BCUT2D eigenvalue weighted by atomic mass is 16.5. The minimum Gasteiger partial charge on any atom is -0.391 e. The van der Waals surface area contributed by atoms with Crippen LogP contribution in [0.5, 0.6) is 0 Å². The van der Waals surface area contributed by atoms with Crippen LogP contribution in [0.4, 0.5) is 0 Å². The Morgan fingerprint density at radius 3 is 2.94 bits per heavy atom. The van der Waals surface area contributed by atoms with Gasteiger partial charge in [-0.25, -0.2) is 0 Å². The van der Waals surface area contributed by atoms with Crippen LogP contribution in [0, 0.1) is 5.92 Å². The average molecular weight is 242 g/mol. The van der Waals surface area contributed by atoms with Crippen molar-refractivity contribution in [3.8, 4) is 0 Å². The van der Waals surface area contributed by atoms with Crippen LogP contribution in [-0.2, 0) is 9.53 Å². The maximum Gasteiger partial charge on any atom is 0.225 e. The Balaban J connectivity index is 1.72. The predicted octanol–water partition coefficient (Wildman–Crippen LogP) is -0.452. The van der Waals surface area contributed by atoms with Gasteiger partial charge >= 0.3 is 0 Å². The monoisotopic (exact) mass is 242 g/mol. The predicted molar refractivity (Wildman–Crippen MR) is 63.6 cm³/mol. The molecule has 1 amide bonds. The summed E-state index contributed by atoms with van der Waals surface area (Å²) in [6.07, 6.45) is 0.998. The van der Waals surface area contributed by atoms with Gasteiger partial charge < -0.3 is 19.6 Å². The van der Waals surface area contributed by atoms with Crippen molar-refractivity contribution in [2.24, 2.45) is 5.92 Å². The highest BCUT2D eigenvalue weighted by Crippen LogP contribution is 2.20. The molecule has 5 heteroatoms. The van der Waals surface area contributed by atoms with Crippen LogP contribution >= 0.6 is 0 Å². The molecule has 0 aromatic carbocycles. The summed E-state index contributed by atoms with van der Waals surface area (Å²) in [6, 6.07) is 0. The second-order valence-electron chi connectivity index (χ2n) is 5.10. The van der Waals surface area contributed by atoms with E-state index in [1.807, 2.05) is 4.90 Å². The van der Waals surface area contributed by atoms with Gasteiger partial charge in [0, 0.05) is 33.3 Å². The molecule has 98 valence electrons. The first-order chi connectivity index (χ1) is 8.19. The van der Waals surface area contributed by atoms with Gasteiger partial charge in [0.05, 0.1) is 19.1 Å². The summed E-state index contributed by atoms with van der Waals surface area (Å²) in [6.45, 7) is 5.21. The van der Waals surface area contributed by atoms with Gasteiger partial charge in [0.2, 0.25) is 5.91 Å². The lowest BCUT2D eigenvalue weighted by molar-refractivity contribution is -0.128. The Morgan fingerprint density at radius 2 is 2.29 bits per heavy atom. The molecule has 2 aliphatic heterocycles.